The molecule has 1 saturated carbocycles. The van der Waals surface area contributed by atoms with Gasteiger partial charge in [-0.3, -0.25) is 9.59 Å². The molecule has 0 saturated heterocycles. The molecule has 1 N–H and O–H groups in total. The normalized spacial score (nSPS) is 16.6. The second-order valence-electron chi connectivity index (χ2n) is 9.77. The number of carbonyl (C=O) groups is 4. The van der Waals surface area contributed by atoms with E-state index in [4.69, 9.17) is 9.57 Å². The predicted molar refractivity (Wildman–Crippen MR) is 132 cm³/mol. The molecule has 8 heteroatoms. The smallest absolute Gasteiger partial charge is 0.407 e. The maximum atomic E-state index is 12.6. The number of hydrogen-bond donors (Lipinski definition) is 1. The summed E-state index contributed by atoms with van der Waals surface area (Å²) < 4.78 is 5.58. The fraction of sp³-hybridized carbons (Fsp3) is 0.241. The van der Waals surface area contributed by atoms with Gasteiger partial charge in [0.15, 0.2) is 0 Å². The molecular formula is C29H24N2O6. The highest BCUT2D eigenvalue weighted by atomic mass is 16.7. The van der Waals surface area contributed by atoms with Crippen LogP contribution in [0.5, 0.6) is 0 Å². The standard InChI is InChI=1S/C29H24N2O6/c32-25(37-31-26(33)22-11-5-6-12-23(22)27(31)34)15-29(13-14-29)17-30-28(35)36-16-24-20-9-3-1-7-18(20)19-8-2-4-10-21(19)24/h1-12,24H,13-17H2,(H,30,35). The molecule has 0 spiro atoms. The number of hydrogen-bond acceptors (Lipinski definition) is 6. The number of nitrogens with one attached hydrogen (secondary N) is 1. The van der Waals surface area contributed by atoms with Crippen molar-refractivity contribution in [1.29, 1.82) is 0 Å². The van der Waals surface area contributed by atoms with Gasteiger partial charge in [-0.2, -0.15) is 0 Å². The fourth-order valence-electron chi connectivity index (χ4n) is 5.19. The second kappa shape index (κ2) is 8.89. The minimum Gasteiger partial charge on any atom is -0.449 e. The topological polar surface area (TPSA) is 102 Å². The second-order valence-corrected chi connectivity index (χ2v) is 9.77. The zero-order valence-electron chi connectivity index (χ0n) is 19.9. The fourth-order valence-corrected chi connectivity index (χ4v) is 5.19. The third-order valence-electron chi connectivity index (χ3n) is 7.38. The number of fused-ring (bicyclic) bond motifs is 4. The van der Waals surface area contributed by atoms with Crippen molar-refractivity contribution in [2.45, 2.75) is 25.2 Å². The van der Waals surface area contributed by atoms with Gasteiger partial charge in [0, 0.05) is 12.5 Å². The molecule has 1 fully saturated rings. The van der Waals surface area contributed by atoms with Crippen LogP contribution in [0.25, 0.3) is 11.1 Å². The molecule has 1 heterocycles. The lowest BCUT2D eigenvalue weighted by molar-refractivity contribution is -0.170. The van der Waals surface area contributed by atoms with Gasteiger partial charge < -0.3 is 14.9 Å². The predicted octanol–water partition coefficient (Wildman–Crippen LogP) is 4.45. The highest BCUT2D eigenvalue weighted by Crippen LogP contribution is 2.49. The highest BCUT2D eigenvalue weighted by Gasteiger charge is 2.47. The third-order valence-corrected chi connectivity index (χ3v) is 7.38. The maximum Gasteiger partial charge on any atom is 0.407 e. The zero-order chi connectivity index (χ0) is 25.6. The summed E-state index contributed by atoms with van der Waals surface area (Å²) in [5.74, 6) is -2.05. The lowest BCUT2D eigenvalue weighted by Crippen LogP contribution is -2.36. The quantitative estimate of drug-likeness (QED) is 0.485. The highest BCUT2D eigenvalue weighted by molar-refractivity contribution is 6.20. The Morgan fingerprint density at radius 3 is 1.86 bits per heavy atom. The van der Waals surface area contributed by atoms with Crippen molar-refractivity contribution in [3.63, 3.8) is 0 Å². The van der Waals surface area contributed by atoms with Crippen LogP contribution < -0.4 is 5.32 Å². The first-order valence-corrected chi connectivity index (χ1v) is 12.2. The third kappa shape index (κ3) is 4.14. The zero-order valence-corrected chi connectivity index (χ0v) is 19.9. The van der Waals surface area contributed by atoms with Crippen molar-refractivity contribution in [2.24, 2.45) is 5.41 Å². The summed E-state index contributed by atoms with van der Waals surface area (Å²) in [7, 11) is 0. The van der Waals surface area contributed by atoms with E-state index in [1.807, 2.05) is 24.3 Å². The molecule has 3 amide bonds. The first-order chi connectivity index (χ1) is 18.0. The van der Waals surface area contributed by atoms with Crippen molar-refractivity contribution in [1.82, 2.24) is 10.4 Å². The van der Waals surface area contributed by atoms with E-state index in [-0.39, 0.29) is 36.6 Å². The van der Waals surface area contributed by atoms with E-state index in [1.165, 1.54) is 12.1 Å². The molecule has 3 aromatic carbocycles. The van der Waals surface area contributed by atoms with Gasteiger partial charge >= 0.3 is 12.1 Å². The maximum absolute atomic E-state index is 12.6. The summed E-state index contributed by atoms with van der Waals surface area (Å²) in [5.41, 5.74) is 4.51. The van der Waals surface area contributed by atoms with E-state index in [2.05, 4.69) is 29.6 Å². The number of ether oxygens (including phenoxy) is 1. The summed E-state index contributed by atoms with van der Waals surface area (Å²) >= 11 is 0. The Morgan fingerprint density at radius 1 is 0.811 bits per heavy atom. The lowest BCUT2D eigenvalue weighted by atomic mass is 9.98. The molecule has 0 radical (unpaired) electrons. The summed E-state index contributed by atoms with van der Waals surface area (Å²) in [4.78, 5) is 55.1. The summed E-state index contributed by atoms with van der Waals surface area (Å²) in [6.45, 7) is 0.440. The summed E-state index contributed by atoms with van der Waals surface area (Å²) in [5, 5.41) is 3.29. The van der Waals surface area contributed by atoms with E-state index in [9.17, 15) is 19.2 Å². The van der Waals surface area contributed by atoms with Gasteiger partial charge in [-0.1, -0.05) is 65.7 Å². The Labute approximate surface area is 213 Å². The molecule has 6 rings (SSSR count). The van der Waals surface area contributed by atoms with Crippen molar-refractivity contribution < 1.29 is 28.8 Å². The molecule has 1 aliphatic heterocycles. The largest absolute Gasteiger partial charge is 0.449 e. The number of nitrogens with zero attached hydrogens (tertiary/aromatic N) is 1. The monoisotopic (exact) mass is 496 g/mol. The molecular weight excluding hydrogens is 472 g/mol. The average Bonchev–Trinajstić information content (AvgIpc) is 3.55. The Balaban J connectivity index is 1.02. The first kappa shape index (κ1) is 23.0. The van der Waals surface area contributed by atoms with Crippen LogP contribution in [0.3, 0.4) is 0 Å². The number of benzene rings is 3. The van der Waals surface area contributed by atoms with Crippen LogP contribution in [0.4, 0.5) is 4.79 Å². The summed E-state index contributed by atoms with van der Waals surface area (Å²) in [6, 6.07) is 22.5. The van der Waals surface area contributed by atoms with Crippen LogP contribution >= 0.6 is 0 Å². The molecule has 0 atom stereocenters. The van der Waals surface area contributed by atoms with Crippen molar-refractivity contribution in [2.75, 3.05) is 13.2 Å². The Hall–Kier alpha value is -4.46. The Kier molecular flexibility index (Phi) is 5.52. The first-order valence-electron chi connectivity index (χ1n) is 12.2. The van der Waals surface area contributed by atoms with Gasteiger partial charge in [-0.05, 0) is 52.6 Å². The molecule has 37 heavy (non-hydrogen) atoms. The van der Waals surface area contributed by atoms with Crippen LogP contribution in [0.15, 0.2) is 72.8 Å². The van der Waals surface area contributed by atoms with Crippen molar-refractivity contribution in [3.8, 4) is 11.1 Å². The van der Waals surface area contributed by atoms with Gasteiger partial charge in [0.05, 0.1) is 17.5 Å². The molecule has 3 aromatic rings. The molecule has 186 valence electrons. The van der Waals surface area contributed by atoms with E-state index < -0.39 is 29.3 Å². The van der Waals surface area contributed by atoms with Crippen molar-refractivity contribution >= 4 is 23.9 Å². The summed E-state index contributed by atoms with van der Waals surface area (Å²) in [6.07, 6.45) is 0.855. The average molecular weight is 497 g/mol. The molecule has 2 aliphatic carbocycles. The molecule has 3 aliphatic rings. The molecule has 8 nitrogen and oxygen atoms in total. The van der Waals surface area contributed by atoms with Gasteiger partial charge in [0.25, 0.3) is 11.8 Å². The van der Waals surface area contributed by atoms with Gasteiger partial charge in [-0.25, -0.2) is 9.59 Å². The number of imide groups is 1. The van der Waals surface area contributed by atoms with Crippen molar-refractivity contribution in [3.05, 3.63) is 95.1 Å². The molecule has 0 bridgehead atoms. The number of hydroxylamine groups is 2. The minimum absolute atomic E-state index is 0.0237. The molecule has 0 unspecified atom stereocenters. The van der Waals surface area contributed by atoms with Crippen LogP contribution in [0, 0.1) is 5.41 Å². The SMILES string of the molecule is O=C(CC1(CNC(=O)OCC2c3ccccc3-c3ccccc32)CC1)ON1C(=O)c2ccccc2C1=O. The van der Waals surface area contributed by atoms with E-state index in [0.717, 1.165) is 22.3 Å². The van der Waals surface area contributed by atoms with Gasteiger partial charge in [0.2, 0.25) is 0 Å². The lowest BCUT2D eigenvalue weighted by Gasteiger charge is -2.18. The van der Waals surface area contributed by atoms with Gasteiger partial charge in [-0.15, -0.1) is 0 Å². The number of rotatable bonds is 7. The Bertz CT molecular complexity index is 1360. The van der Waals surface area contributed by atoms with E-state index in [0.29, 0.717) is 17.9 Å². The van der Waals surface area contributed by atoms with Crippen LogP contribution in [0.2, 0.25) is 0 Å². The number of amides is 3. The Morgan fingerprint density at radius 2 is 1.32 bits per heavy atom. The molecule has 0 aromatic heterocycles. The van der Waals surface area contributed by atoms with E-state index >= 15 is 0 Å². The van der Waals surface area contributed by atoms with Crippen LogP contribution in [-0.2, 0) is 14.4 Å². The van der Waals surface area contributed by atoms with Crippen LogP contribution in [0.1, 0.15) is 57.0 Å². The van der Waals surface area contributed by atoms with E-state index in [1.54, 1.807) is 12.1 Å². The number of alkyl carbamates (subject to hydrolysis) is 1. The minimum atomic E-state index is -0.693. The van der Waals surface area contributed by atoms with Gasteiger partial charge in [0.1, 0.15) is 6.61 Å². The van der Waals surface area contributed by atoms with Crippen LogP contribution in [-0.4, -0.2) is 42.1 Å². The number of carbonyl (C=O) groups excluding carboxylic acids is 4.